The molecule has 2 aromatic rings. The van der Waals surface area contributed by atoms with Gasteiger partial charge < -0.3 is 14.9 Å². The second-order valence-electron chi connectivity index (χ2n) is 7.52. The van der Waals surface area contributed by atoms with Gasteiger partial charge in [-0.3, -0.25) is 9.91 Å². The van der Waals surface area contributed by atoms with Crippen molar-refractivity contribution in [2.75, 3.05) is 47.5 Å². The van der Waals surface area contributed by atoms with Crippen molar-refractivity contribution in [2.45, 2.75) is 26.3 Å². The summed E-state index contributed by atoms with van der Waals surface area (Å²) in [6, 6.07) is 11.4. The number of aromatic hydroxyl groups is 1. The molecule has 0 aliphatic carbocycles. The summed E-state index contributed by atoms with van der Waals surface area (Å²) in [6.07, 6.45) is 2.75. The largest absolute Gasteiger partial charge is 0.508 e. The molecule has 2 amide bonds. The summed E-state index contributed by atoms with van der Waals surface area (Å²) in [4.78, 5) is 23.4. The van der Waals surface area contributed by atoms with Crippen molar-refractivity contribution in [1.29, 1.82) is 0 Å². The van der Waals surface area contributed by atoms with Crippen molar-refractivity contribution in [2.24, 2.45) is 0 Å². The highest BCUT2D eigenvalue weighted by Gasteiger charge is 2.32. The van der Waals surface area contributed by atoms with Crippen LogP contribution in [0.15, 0.2) is 42.6 Å². The first-order valence-corrected chi connectivity index (χ1v) is 10.2. The summed E-state index contributed by atoms with van der Waals surface area (Å²) >= 11 is 0. The predicted molar refractivity (Wildman–Crippen MR) is 114 cm³/mol. The number of hydrogen-bond donors (Lipinski definition) is 2. The molecule has 1 unspecified atom stereocenters. The zero-order valence-corrected chi connectivity index (χ0v) is 17.0. The van der Waals surface area contributed by atoms with Crippen LogP contribution in [0.4, 0.5) is 22.0 Å². The highest BCUT2D eigenvalue weighted by molar-refractivity contribution is 5.92. The minimum atomic E-state index is -0.0536. The summed E-state index contributed by atoms with van der Waals surface area (Å²) in [7, 11) is 0. The maximum absolute atomic E-state index is 12.6. The lowest BCUT2D eigenvalue weighted by Crippen LogP contribution is -2.46. The molecule has 2 aliphatic heterocycles. The Balaban J connectivity index is 1.37. The molecule has 2 fully saturated rings. The number of phenolic OH excluding ortho intramolecular Hbond substituents is 1. The molecule has 0 spiro atoms. The summed E-state index contributed by atoms with van der Waals surface area (Å²) < 4.78 is 0. The molecule has 29 heavy (non-hydrogen) atoms. The van der Waals surface area contributed by atoms with E-state index in [2.05, 4.69) is 27.1 Å². The van der Waals surface area contributed by atoms with E-state index in [0.717, 1.165) is 44.0 Å². The molecule has 2 N–H and O–H groups in total. The molecule has 1 aromatic carbocycles. The van der Waals surface area contributed by atoms with Crippen LogP contribution in [-0.4, -0.2) is 60.0 Å². The summed E-state index contributed by atoms with van der Waals surface area (Å²) in [5.41, 5.74) is 5.34. The van der Waals surface area contributed by atoms with Gasteiger partial charge in [-0.05, 0) is 49.7 Å². The Bertz CT molecular complexity index is 833. The first-order valence-electron chi connectivity index (χ1n) is 10.2. The van der Waals surface area contributed by atoms with E-state index in [1.54, 1.807) is 22.0 Å². The number of urea groups is 1. The van der Waals surface area contributed by atoms with Crippen LogP contribution in [0, 0.1) is 0 Å². The number of benzene rings is 1. The number of hydrogen-bond acceptors (Lipinski definition) is 6. The molecule has 3 heterocycles. The second kappa shape index (κ2) is 8.16. The second-order valence-corrected chi connectivity index (χ2v) is 7.52. The number of hydrazine groups is 1. The number of aromatic nitrogens is 1. The average Bonchev–Trinajstić information content (AvgIpc) is 3.15. The molecule has 0 bridgehead atoms. The summed E-state index contributed by atoms with van der Waals surface area (Å²) in [5.74, 6) is 0.956. The average molecular weight is 396 g/mol. The standard InChI is InChI=1S/C21H28N6O2/c1-3-16(2)27-21(29)26(15-23-27)20-9-6-18(14-22-20)25-12-10-24(11-13-25)17-4-7-19(28)8-5-17/h4-9,14,16,23,28H,3,10-13,15H2,1-2H3. The molecule has 0 radical (unpaired) electrons. The Morgan fingerprint density at radius 3 is 2.24 bits per heavy atom. The van der Waals surface area contributed by atoms with Crippen molar-refractivity contribution in [3.05, 3.63) is 42.6 Å². The van der Waals surface area contributed by atoms with Crippen LogP contribution in [0.3, 0.4) is 0 Å². The Morgan fingerprint density at radius 1 is 1.03 bits per heavy atom. The van der Waals surface area contributed by atoms with E-state index in [-0.39, 0.29) is 17.8 Å². The van der Waals surface area contributed by atoms with E-state index < -0.39 is 0 Å². The van der Waals surface area contributed by atoms with Crippen molar-refractivity contribution < 1.29 is 9.90 Å². The van der Waals surface area contributed by atoms with Crippen molar-refractivity contribution >= 4 is 23.2 Å². The number of amides is 2. The number of pyridine rings is 1. The Hall–Kier alpha value is -3.00. The third kappa shape index (κ3) is 3.93. The molecular formula is C21H28N6O2. The predicted octanol–water partition coefficient (Wildman–Crippen LogP) is 2.62. The van der Waals surface area contributed by atoms with Crippen molar-refractivity contribution in [3.63, 3.8) is 0 Å². The van der Waals surface area contributed by atoms with Gasteiger partial charge in [-0.15, -0.1) is 0 Å². The molecule has 1 atom stereocenters. The molecule has 1 aromatic heterocycles. The Morgan fingerprint density at radius 2 is 1.66 bits per heavy atom. The Kier molecular flexibility index (Phi) is 5.44. The van der Waals surface area contributed by atoms with Crippen LogP contribution in [0.5, 0.6) is 5.75 Å². The van der Waals surface area contributed by atoms with Gasteiger partial charge in [-0.25, -0.2) is 15.2 Å². The minimum absolute atomic E-state index is 0.0536. The fourth-order valence-corrected chi connectivity index (χ4v) is 3.73. The van der Waals surface area contributed by atoms with Gasteiger partial charge >= 0.3 is 6.03 Å². The number of piperazine rings is 1. The maximum Gasteiger partial charge on any atom is 0.341 e. The van der Waals surface area contributed by atoms with E-state index >= 15 is 0 Å². The number of nitrogens with one attached hydrogen (secondary N) is 1. The fourth-order valence-electron chi connectivity index (χ4n) is 3.73. The number of rotatable bonds is 5. The number of carbonyl (C=O) groups excluding carboxylic acids is 1. The molecule has 2 aliphatic rings. The molecular weight excluding hydrogens is 368 g/mol. The topological polar surface area (TPSA) is 75.2 Å². The van der Waals surface area contributed by atoms with Gasteiger partial charge in [-0.2, -0.15) is 0 Å². The van der Waals surface area contributed by atoms with Crippen molar-refractivity contribution in [1.82, 2.24) is 15.4 Å². The third-order valence-electron chi connectivity index (χ3n) is 5.74. The minimum Gasteiger partial charge on any atom is -0.508 e. The molecule has 4 rings (SSSR count). The lowest BCUT2D eigenvalue weighted by Gasteiger charge is -2.37. The number of anilines is 3. The van der Waals surface area contributed by atoms with Crippen LogP contribution >= 0.6 is 0 Å². The normalized spacial score (nSPS) is 18.5. The zero-order chi connectivity index (χ0) is 20.4. The molecule has 8 nitrogen and oxygen atoms in total. The van der Waals surface area contributed by atoms with Gasteiger partial charge in [0.25, 0.3) is 0 Å². The van der Waals surface area contributed by atoms with Gasteiger partial charge in [0.1, 0.15) is 11.6 Å². The van der Waals surface area contributed by atoms with Crippen LogP contribution in [0.2, 0.25) is 0 Å². The molecule has 2 saturated heterocycles. The van der Waals surface area contributed by atoms with E-state index in [1.165, 1.54) is 0 Å². The fraction of sp³-hybridized carbons (Fsp3) is 0.429. The van der Waals surface area contributed by atoms with Gasteiger partial charge in [-0.1, -0.05) is 6.92 Å². The quantitative estimate of drug-likeness (QED) is 0.809. The SMILES string of the molecule is CCC(C)N1NCN(c2ccc(N3CCN(c4ccc(O)cc4)CC3)cn2)C1=O. The lowest BCUT2D eigenvalue weighted by molar-refractivity contribution is 0.176. The van der Waals surface area contributed by atoms with E-state index in [9.17, 15) is 9.90 Å². The summed E-state index contributed by atoms with van der Waals surface area (Å²) in [5, 5.41) is 11.1. The van der Waals surface area contributed by atoms with E-state index in [0.29, 0.717) is 12.5 Å². The molecule has 0 saturated carbocycles. The first kappa shape index (κ1) is 19.3. The highest BCUT2D eigenvalue weighted by Crippen LogP contribution is 2.24. The van der Waals surface area contributed by atoms with Gasteiger partial charge in [0.05, 0.1) is 18.6 Å². The first-order chi connectivity index (χ1) is 14.1. The zero-order valence-electron chi connectivity index (χ0n) is 17.0. The maximum atomic E-state index is 12.6. The molecule has 154 valence electrons. The molecule has 8 heteroatoms. The number of carbonyl (C=O) groups is 1. The lowest BCUT2D eigenvalue weighted by atomic mass is 10.2. The van der Waals surface area contributed by atoms with Gasteiger partial charge in [0.15, 0.2) is 0 Å². The van der Waals surface area contributed by atoms with Gasteiger partial charge in [0, 0.05) is 37.9 Å². The number of phenols is 1. The van der Waals surface area contributed by atoms with Crippen molar-refractivity contribution in [3.8, 4) is 5.75 Å². The van der Waals surface area contributed by atoms with Crippen LogP contribution in [0.1, 0.15) is 20.3 Å². The number of nitrogens with zero attached hydrogens (tertiary/aromatic N) is 5. The highest BCUT2D eigenvalue weighted by atomic mass is 16.3. The Labute approximate surface area is 171 Å². The van der Waals surface area contributed by atoms with Crippen LogP contribution in [-0.2, 0) is 0 Å². The summed E-state index contributed by atoms with van der Waals surface area (Å²) in [6.45, 7) is 8.15. The third-order valence-corrected chi connectivity index (χ3v) is 5.74. The van der Waals surface area contributed by atoms with Crippen LogP contribution < -0.4 is 20.1 Å². The van der Waals surface area contributed by atoms with E-state index in [1.807, 2.05) is 37.4 Å². The van der Waals surface area contributed by atoms with Gasteiger partial charge in [0.2, 0.25) is 0 Å². The van der Waals surface area contributed by atoms with E-state index in [4.69, 9.17) is 0 Å². The smallest absolute Gasteiger partial charge is 0.341 e. The van der Waals surface area contributed by atoms with Crippen LogP contribution in [0.25, 0.3) is 0 Å². The monoisotopic (exact) mass is 396 g/mol.